The Morgan fingerprint density at radius 3 is 2.78 bits per heavy atom. The smallest absolute Gasteiger partial charge is 0.244 e. The maximum atomic E-state index is 12.0. The SMILES string of the molecule is CCOCCCNS(=O)(=O)c1cc(CN)oc1C. The van der Waals surface area contributed by atoms with Crippen molar-refractivity contribution in [2.75, 3.05) is 19.8 Å². The Hall–Kier alpha value is -0.890. The molecule has 6 nitrogen and oxygen atoms in total. The predicted octanol–water partition coefficient (Wildman–Crippen LogP) is 0.752. The third-order valence-corrected chi connectivity index (χ3v) is 3.94. The summed E-state index contributed by atoms with van der Waals surface area (Å²) in [6.45, 7) is 5.19. The number of sulfonamides is 1. The van der Waals surface area contributed by atoms with E-state index < -0.39 is 10.0 Å². The summed E-state index contributed by atoms with van der Waals surface area (Å²) in [7, 11) is -3.52. The number of rotatable bonds is 8. The van der Waals surface area contributed by atoms with Crippen molar-refractivity contribution in [1.29, 1.82) is 0 Å². The van der Waals surface area contributed by atoms with E-state index in [0.717, 1.165) is 0 Å². The number of nitrogens with one attached hydrogen (secondary N) is 1. The van der Waals surface area contributed by atoms with Crippen LogP contribution in [-0.2, 0) is 21.3 Å². The number of ether oxygens (including phenoxy) is 1. The Labute approximate surface area is 108 Å². The Morgan fingerprint density at radius 1 is 1.50 bits per heavy atom. The summed E-state index contributed by atoms with van der Waals surface area (Å²) in [5, 5.41) is 0. The maximum Gasteiger partial charge on any atom is 0.244 e. The molecule has 0 spiro atoms. The van der Waals surface area contributed by atoms with Gasteiger partial charge < -0.3 is 14.9 Å². The molecule has 0 aliphatic heterocycles. The van der Waals surface area contributed by atoms with Crippen molar-refractivity contribution < 1.29 is 17.6 Å². The van der Waals surface area contributed by atoms with Crippen LogP contribution in [0.1, 0.15) is 24.9 Å². The molecule has 0 fully saturated rings. The standard InChI is InChI=1S/C11H20N2O4S/c1-3-16-6-4-5-13-18(14,15)11-7-10(8-12)17-9(11)2/h7,13H,3-6,8,12H2,1-2H3. The van der Waals surface area contributed by atoms with Gasteiger partial charge in [0.05, 0.1) is 6.54 Å². The maximum absolute atomic E-state index is 12.0. The minimum Gasteiger partial charge on any atom is -0.464 e. The molecule has 0 saturated carbocycles. The zero-order valence-corrected chi connectivity index (χ0v) is 11.5. The first kappa shape index (κ1) is 15.2. The number of hydrogen-bond donors (Lipinski definition) is 2. The zero-order chi connectivity index (χ0) is 13.6. The molecule has 0 bridgehead atoms. The van der Waals surface area contributed by atoms with E-state index in [2.05, 4.69) is 4.72 Å². The van der Waals surface area contributed by atoms with Gasteiger partial charge in [-0.2, -0.15) is 0 Å². The molecule has 0 atom stereocenters. The highest BCUT2D eigenvalue weighted by Gasteiger charge is 2.20. The van der Waals surface area contributed by atoms with Crippen LogP contribution in [0.2, 0.25) is 0 Å². The molecule has 0 aliphatic carbocycles. The molecule has 1 aromatic rings. The fourth-order valence-electron chi connectivity index (χ4n) is 1.49. The molecule has 1 rings (SSSR count). The van der Waals surface area contributed by atoms with E-state index in [-0.39, 0.29) is 11.4 Å². The molecule has 0 aliphatic rings. The van der Waals surface area contributed by atoms with Gasteiger partial charge in [0.15, 0.2) is 0 Å². The first-order valence-electron chi connectivity index (χ1n) is 5.88. The van der Waals surface area contributed by atoms with Crippen molar-refractivity contribution in [2.24, 2.45) is 5.73 Å². The lowest BCUT2D eigenvalue weighted by Gasteiger charge is -2.05. The van der Waals surface area contributed by atoms with E-state index in [0.29, 0.717) is 37.7 Å². The van der Waals surface area contributed by atoms with Gasteiger partial charge in [-0.3, -0.25) is 0 Å². The molecular formula is C11H20N2O4S. The summed E-state index contributed by atoms with van der Waals surface area (Å²) in [4.78, 5) is 0.152. The topological polar surface area (TPSA) is 94.6 Å². The van der Waals surface area contributed by atoms with Crippen LogP contribution in [0.5, 0.6) is 0 Å². The highest BCUT2D eigenvalue weighted by atomic mass is 32.2. The summed E-state index contributed by atoms with van der Waals surface area (Å²) in [6.07, 6.45) is 0.633. The summed E-state index contributed by atoms with van der Waals surface area (Å²) in [5.41, 5.74) is 5.40. The monoisotopic (exact) mass is 276 g/mol. The van der Waals surface area contributed by atoms with Crippen LogP contribution in [0.15, 0.2) is 15.4 Å². The third kappa shape index (κ3) is 4.09. The summed E-state index contributed by atoms with van der Waals surface area (Å²) < 4.78 is 36.8. The Morgan fingerprint density at radius 2 is 2.22 bits per heavy atom. The van der Waals surface area contributed by atoms with Crippen molar-refractivity contribution in [3.05, 3.63) is 17.6 Å². The fraction of sp³-hybridized carbons (Fsp3) is 0.636. The lowest BCUT2D eigenvalue weighted by Crippen LogP contribution is -2.25. The minimum atomic E-state index is -3.52. The van der Waals surface area contributed by atoms with Crippen LogP contribution in [0.25, 0.3) is 0 Å². The predicted molar refractivity (Wildman–Crippen MR) is 67.6 cm³/mol. The van der Waals surface area contributed by atoms with Crippen LogP contribution in [-0.4, -0.2) is 28.2 Å². The lowest BCUT2D eigenvalue weighted by atomic mass is 10.4. The largest absolute Gasteiger partial charge is 0.464 e. The van der Waals surface area contributed by atoms with Gasteiger partial charge in [-0.1, -0.05) is 0 Å². The second-order valence-corrected chi connectivity index (χ2v) is 5.52. The molecule has 1 aromatic heterocycles. The highest BCUT2D eigenvalue weighted by Crippen LogP contribution is 2.19. The van der Waals surface area contributed by atoms with E-state index in [1.54, 1.807) is 6.92 Å². The van der Waals surface area contributed by atoms with Crippen molar-refractivity contribution >= 4 is 10.0 Å². The molecule has 18 heavy (non-hydrogen) atoms. The second kappa shape index (κ2) is 6.89. The van der Waals surface area contributed by atoms with E-state index in [1.165, 1.54) is 6.07 Å². The quantitative estimate of drug-likeness (QED) is 0.683. The lowest BCUT2D eigenvalue weighted by molar-refractivity contribution is 0.146. The Kier molecular flexibility index (Phi) is 5.80. The zero-order valence-electron chi connectivity index (χ0n) is 10.7. The normalized spacial score (nSPS) is 11.9. The number of aryl methyl sites for hydroxylation is 1. The Bertz CT molecular complexity index is 467. The molecule has 3 N–H and O–H groups in total. The van der Waals surface area contributed by atoms with E-state index in [4.69, 9.17) is 14.9 Å². The fourth-order valence-corrected chi connectivity index (χ4v) is 2.77. The molecule has 0 unspecified atom stereocenters. The summed E-state index contributed by atoms with van der Waals surface area (Å²) in [5.74, 6) is 0.815. The molecule has 1 heterocycles. The third-order valence-electron chi connectivity index (χ3n) is 2.38. The molecule has 7 heteroatoms. The van der Waals surface area contributed by atoms with Crippen LogP contribution in [0.4, 0.5) is 0 Å². The average Bonchev–Trinajstić information content (AvgIpc) is 2.71. The van der Waals surface area contributed by atoms with Gasteiger partial charge in [0.2, 0.25) is 10.0 Å². The van der Waals surface area contributed by atoms with Crippen molar-refractivity contribution in [2.45, 2.75) is 31.7 Å². The highest BCUT2D eigenvalue weighted by molar-refractivity contribution is 7.89. The van der Waals surface area contributed by atoms with Gasteiger partial charge in [-0.25, -0.2) is 13.1 Å². The first-order valence-corrected chi connectivity index (χ1v) is 7.36. The van der Waals surface area contributed by atoms with Crippen LogP contribution >= 0.6 is 0 Å². The van der Waals surface area contributed by atoms with Crippen LogP contribution in [0.3, 0.4) is 0 Å². The van der Waals surface area contributed by atoms with Crippen molar-refractivity contribution in [3.8, 4) is 0 Å². The molecule has 0 amide bonds. The van der Waals surface area contributed by atoms with E-state index in [1.807, 2.05) is 6.92 Å². The van der Waals surface area contributed by atoms with Gasteiger partial charge in [0, 0.05) is 25.8 Å². The first-order chi connectivity index (χ1) is 8.51. The van der Waals surface area contributed by atoms with E-state index in [9.17, 15) is 8.42 Å². The van der Waals surface area contributed by atoms with E-state index >= 15 is 0 Å². The van der Waals surface area contributed by atoms with Gasteiger partial charge in [-0.05, 0) is 20.3 Å². The molecule has 104 valence electrons. The summed E-state index contributed by atoms with van der Waals surface area (Å²) >= 11 is 0. The van der Waals surface area contributed by atoms with Gasteiger partial charge in [-0.15, -0.1) is 0 Å². The Balaban J connectivity index is 2.60. The number of furan rings is 1. The van der Waals surface area contributed by atoms with Crippen LogP contribution in [0, 0.1) is 6.92 Å². The van der Waals surface area contributed by atoms with Gasteiger partial charge in [0.1, 0.15) is 16.4 Å². The van der Waals surface area contributed by atoms with Crippen molar-refractivity contribution in [3.63, 3.8) is 0 Å². The molecule has 0 aromatic carbocycles. The second-order valence-electron chi connectivity index (χ2n) is 3.79. The van der Waals surface area contributed by atoms with Crippen LogP contribution < -0.4 is 10.5 Å². The van der Waals surface area contributed by atoms with Crippen molar-refractivity contribution in [1.82, 2.24) is 4.72 Å². The summed E-state index contributed by atoms with van der Waals surface area (Å²) in [6, 6.07) is 1.46. The van der Waals surface area contributed by atoms with Gasteiger partial charge >= 0.3 is 0 Å². The number of hydrogen-bond acceptors (Lipinski definition) is 5. The number of nitrogens with two attached hydrogens (primary N) is 1. The molecule has 0 radical (unpaired) electrons. The molecular weight excluding hydrogens is 256 g/mol. The molecule has 0 saturated heterocycles. The van der Waals surface area contributed by atoms with Gasteiger partial charge in [0.25, 0.3) is 0 Å². The average molecular weight is 276 g/mol. The minimum absolute atomic E-state index is 0.152.